The Morgan fingerprint density at radius 2 is 1.76 bits per heavy atom. The Bertz CT molecular complexity index is 1170. The van der Waals surface area contributed by atoms with E-state index in [-0.39, 0.29) is 11.3 Å². The van der Waals surface area contributed by atoms with Crippen molar-refractivity contribution in [3.05, 3.63) is 40.3 Å². The van der Waals surface area contributed by atoms with Gasteiger partial charge in [-0.3, -0.25) is 9.36 Å². The van der Waals surface area contributed by atoms with Crippen LogP contribution < -0.4 is 24.5 Å². The maximum atomic E-state index is 13.3. The predicted molar refractivity (Wildman–Crippen MR) is 131 cm³/mol. The first kappa shape index (κ1) is 24.6. The molecule has 1 atom stereocenters. The third-order valence-corrected chi connectivity index (χ3v) is 7.12. The molecule has 1 unspecified atom stereocenters. The molecule has 0 amide bonds. The van der Waals surface area contributed by atoms with Crippen LogP contribution in [-0.2, 0) is 17.4 Å². The number of benzene rings is 1. The van der Waals surface area contributed by atoms with Gasteiger partial charge < -0.3 is 24.1 Å². The predicted octanol–water partition coefficient (Wildman–Crippen LogP) is 3.53. The maximum absolute atomic E-state index is 13.3. The van der Waals surface area contributed by atoms with Crippen LogP contribution >= 0.6 is 0 Å². The fourth-order valence-electron chi connectivity index (χ4n) is 3.65. The van der Waals surface area contributed by atoms with Crippen molar-refractivity contribution in [3.63, 3.8) is 0 Å². The molecule has 1 aromatic carbocycles. The Balaban J connectivity index is 1.87. The molecule has 0 bridgehead atoms. The summed E-state index contributed by atoms with van der Waals surface area (Å²) in [5.41, 5.74) is 1.13. The van der Waals surface area contributed by atoms with Crippen LogP contribution in [0.1, 0.15) is 19.0 Å². The molecule has 0 fully saturated rings. The topological polar surface area (TPSA) is 92.0 Å². The fourth-order valence-corrected chi connectivity index (χ4v) is 5.03. The van der Waals surface area contributed by atoms with E-state index in [2.05, 4.69) is 4.98 Å². The Morgan fingerprint density at radius 3 is 2.33 bits per heavy atom. The number of aromatic nitrogens is 2. The van der Waals surface area contributed by atoms with Crippen molar-refractivity contribution < 1.29 is 24.1 Å². The lowest BCUT2D eigenvalue weighted by molar-refractivity contribution is 0.309. The molecule has 0 aliphatic carbocycles. The summed E-state index contributed by atoms with van der Waals surface area (Å²) in [4.78, 5) is 18.2. The molecular formula is C24H31N2O6S+. The van der Waals surface area contributed by atoms with E-state index < -0.39 is 10.9 Å². The van der Waals surface area contributed by atoms with E-state index in [1.807, 2.05) is 32.2 Å². The van der Waals surface area contributed by atoms with E-state index in [1.165, 1.54) is 0 Å². The fraction of sp³-hybridized carbons (Fsp3) is 0.417. The zero-order valence-electron chi connectivity index (χ0n) is 19.9. The zero-order valence-corrected chi connectivity index (χ0v) is 20.7. The van der Waals surface area contributed by atoms with Crippen LogP contribution in [0.25, 0.3) is 11.0 Å². The van der Waals surface area contributed by atoms with E-state index in [0.717, 1.165) is 12.1 Å². The molecule has 2 aromatic heterocycles. The molecule has 33 heavy (non-hydrogen) atoms. The monoisotopic (exact) mass is 475 g/mol. The molecule has 0 aliphatic rings. The van der Waals surface area contributed by atoms with Crippen LogP contribution in [0.2, 0.25) is 0 Å². The Labute approximate surface area is 196 Å². The third-order valence-electron chi connectivity index (χ3n) is 5.27. The summed E-state index contributed by atoms with van der Waals surface area (Å²) < 4.78 is 23.7. The summed E-state index contributed by atoms with van der Waals surface area (Å²) in [5.74, 6) is 2.61. The highest BCUT2D eigenvalue weighted by molar-refractivity contribution is 7.96. The van der Waals surface area contributed by atoms with Gasteiger partial charge in [0.15, 0.2) is 17.2 Å². The van der Waals surface area contributed by atoms with Crippen molar-refractivity contribution in [2.45, 2.75) is 31.7 Å². The summed E-state index contributed by atoms with van der Waals surface area (Å²) in [7, 11) is 4.09. The van der Waals surface area contributed by atoms with Gasteiger partial charge in [0.2, 0.25) is 5.75 Å². The number of methoxy groups -OCH3 is 3. The first-order chi connectivity index (χ1) is 15.9. The number of fused-ring (bicyclic) bond motifs is 1. The molecule has 3 aromatic rings. The van der Waals surface area contributed by atoms with Gasteiger partial charge in [-0.05, 0) is 25.5 Å². The standard InChI is InChI=1S/C24H30N2O6S/c1-7-10-26-23-17(9-8-15(2)25-23)20(27)22(24(26)28)33(6)12-11-32-16-13-18(29-3)21(31-5)19(14-16)30-4/h8-9,13-14H,7,10-12H2,1-6H3/p+1. The Kier molecular flexibility index (Phi) is 7.97. The highest BCUT2D eigenvalue weighted by Crippen LogP contribution is 2.40. The molecule has 178 valence electrons. The van der Waals surface area contributed by atoms with Gasteiger partial charge in [0.25, 0.3) is 4.90 Å². The van der Waals surface area contributed by atoms with Crippen molar-refractivity contribution in [1.82, 2.24) is 9.55 Å². The van der Waals surface area contributed by atoms with Crippen LogP contribution in [0.3, 0.4) is 0 Å². The first-order valence-corrected chi connectivity index (χ1v) is 12.4. The average Bonchev–Trinajstić information content (AvgIpc) is 2.80. The van der Waals surface area contributed by atoms with Gasteiger partial charge in [-0.25, -0.2) is 4.98 Å². The van der Waals surface area contributed by atoms with Crippen LogP contribution in [0.15, 0.2) is 34.0 Å². The molecule has 0 radical (unpaired) electrons. The number of aromatic hydroxyl groups is 1. The zero-order chi connectivity index (χ0) is 24.1. The number of hydrogen-bond acceptors (Lipinski definition) is 7. The Hall–Kier alpha value is -3.07. The van der Waals surface area contributed by atoms with Crippen LogP contribution in [0.5, 0.6) is 28.7 Å². The van der Waals surface area contributed by atoms with Gasteiger partial charge in [-0.2, -0.15) is 0 Å². The maximum Gasteiger partial charge on any atom is 0.311 e. The van der Waals surface area contributed by atoms with E-state index >= 15 is 0 Å². The van der Waals surface area contributed by atoms with Gasteiger partial charge in [-0.15, -0.1) is 0 Å². The summed E-state index contributed by atoms with van der Waals surface area (Å²) in [5, 5.41) is 11.6. The molecule has 2 heterocycles. The molecule has 0 saturated heterocycles. The molecule has 0 spiro atoms. The minimum Gasteiger partial charge on any atom is -0.503 e. The molecule has 3 rings (SSSR count). The van der Waals surface area contributed by atoms with Gasteiger partial charge in [0.05, 0.1) is 26.7 Å². The summed E-state index contributed by atoms with van der Waals surface area (Å²) in [6, 6.07) is 7.12. The molecule has 8 nitrogen and oxygen atoms in total. The van der Waals surface area contributed by atoms with Crippen LogP contribution in [0.4, 0.5) is 0 Å². The number of pyridine rings is 2. The number of hydrogen-bond donors (Lipinski definition) is 1. The van der Waals surface area contributed by atoms with Gasteiger partial charge >= 0.3 is 5.56 Å². The third kappa shape index (κ3) is 4.98. The lowest BCUT2D eigenvalue weighted by Gasteiger charge is -2.15. The SMILES string of the molecule is CCCn1c(=O)c([S+](C)CCOc2cc(OC)c(OC)c(OC)c2)c(O)c2ccc(C)nc21. The second-order valence-corrected chi connectivity index (χ2v) is 9.60. The van der Waals surface area contributed by atoms with Crippen molar-refractivity contribution in [2.75, 3.05) is 39.9 Å². The number of nitrogens with zero attached hydrogens (tertiary/aromatic N) is 2. The minimum atomic E-state index is -0.549. The average molecular weight is 476 g/mol. The lowest BCUT2D eigenvalue weighted by Crippen LogP contribution is -2.29. The second kappa shape index (κ2) is 10.7. The Morgan fingerprint density at radius 1 is 1.09 bits per heavy atom. The van der Waals surface area contributed by atoms with E-state index in [9.17, 15) is 9.90 Å². The van der Waals surface area contributed by atoms with Gasteiger partial charge in [0.1, 0.15) is 30.0 Å². The number of aryl methyl sites for hydroxylation is 2. The van der Waals surface area contributed by atoms with Crippen molar-refractivity contribution in [2.24, 2.45) is 0 Å². The summed E-state index contributed by atoms with van der Waals surface area (Å²) in [6.07, 6.45) is 2.73. The van der Waals surface area contributed by atoms with Crippen LogP contribution in [0, 0.1) is 6.92 Å². The normalized spacial score (nSPS) is 11.9. The van der Waals surface area contributed by atoms with Crippen molar-refractivity contribution >= 4 is 21.9 Å². The smallest absolute Gasteiger partial charge is 0.311 e. The second-order valence-electron chi connectivity index (χ2n) is 7.51. The minimum absolute atomic E-state index is 0.00784. The lowest BCUT2D eigenvalue weighted by atomic mass is 10.2. The molecule has 0 saturated carbocycles. The molecule has 1 N–H and O–H groups in total. The largest absolute Gasteiger partial charge is 0.503 e. The van der Waals surface area contributed by atoms with Crippen molar-refractivity contribution in [1.29, 1.82) is 0 Å². The number of ether oxygens (including phenoxy) is 4. The van der Waals surface area contributed by atoms with Crippen LogP contribution in [-0.4, -0.2) is 54.6 Å². The molecular weight excluding hydrogens is 444 g/mol. The summed E-state index contributed by atoms with van der Waals surface area (Å²) in [6.45, 7) is 4.76. The highest BCUT2D eigenvalue weighted by Gasteiger charge is 2.29. The van der Waals surface area contributed by atoms with E-state index in [0.29, 0.717) is 57.8 Å². The highest BCUT2D eigenvalue weighted by atomic mass is 32.2. The first-order valence-electron chi connectivity index (χ1n) is 10.6. The summed E-state index contributed by atoms with van der Waals surface area (Å²) >= 11 is 0. The molecule has 0 aliphatic heterocycles. The van der Waals surface area contributed by atoms with Gasteiger partial charge in [-0.1, -0.05) is 6.92 Å². The number of rotatable bonds is 10. The van der Waals surface area contributed by atoms with Crippen molar-refractivity contribution in [3.8, 4) is 28.7 Å². The van der Waals surface area contributed by atoms with E-state index in [1.54, 1.807) is 38.0 Å². The van der Waals surface area contributed by atoms with E-state index in [4.69, 9.17) is 18.9 Å². The molecule has 9 heteroatoms. The quantitative estimate of drug-likeness (QED) is 0.449. The van der Waals surface area contributed by atoms with Gasteiger partial charge in [0, 0.05) is 35.3 Å².